The zero-order valence-corrected chi connectivity index (χ0v) is 17.4. The van der Waals surface area contributed by atoms with Crippen molar-refractivity contribution in [3.63, 3.8) is 0 Å². The molecule has 150 valence electrons. The van der Waals surface area contributed by atoms with Crippen LogP contribution in [0.1, 0.15) is 21.5 Å². The number of nitrogens with zero attached hydrogens (tertiary/aromatic N) is 1. The first-order valence-corrected chi connectivity index (χ1v) is 9.39. The van der Waals surface area contributed by atoms with E-state index in [0.717, 1.165) is 5.56 Å². The molecule has 0 saturated heterocycles. The molecule has 0 unspecified atom stereocenters. The SMILES string of the molecule is Cc1cc2oc(=O)c(C#N)cc2cc1Cl.O=Cc1cc2cc(Cl)cc(Cl)c2oc1=O. The van der Waals surface area contributed by atoms with Gasteiger partial charge in [0.05, 0.1) is 5.02 Å². The first-order chi connectivity index (χ1) is 14.2. The number of aryl methyl sites for hydroxylation is 1. The molecule has 0 aliphatic rings. The Morgan fingerprint density at radius 1 is 0.900 bits per heavy atom. The maximum absolute atomic E-state index is 11.2. The van der Waals surface area contributed by atoms with E-state index in [1.165, 1.54) is 18.2 Å². The average molecular weight is 463 g/mol. The molecule has 0 amide bonds. The minimum atomic E-state index is -0.707. The largest absolute Gasteiger partial charge is 0.422 e. The second-order valence-corrected chi connectivity index (χ2v) is 7.36. The summed E-state index contributed by atoms with van der Waals surface area (Å²) in [7, 11) is 0. The quantitative estimate of drug-likeness (QED) is 0.272. The van der Waals surface area contributed by atoms with Gasteiger partial charge >= 0.3 is 11.3 Å². The van der Waals surface area contributed by atoms with Gasteiger partial charge in [0.2, 0.25) is 0 Å². The highest BCUT2D eigenvalue weighted by Crippen LogP contribution is 2.27. The molecule has 6 nitrogen and oxygen atoms in total. The third kappa shape index (κ3) is 4.39. The van der Waals surface area contributed by atoms with Gasteiger partial charge in [-0.3, -0.25) is 4.79 Å². The lowest BCUT2D eigenvalue weighted by atomic mass is 10.1. The first-order valence-electron chi connectivity index (χ1n) is 8.25. The van der Waals surface area contributed by atoms with E-state index < -0.39 is 11.3 Å². The predicted molar refractivity (Wildman–Crippen MR) is 115 cm³/mol. The Kier molecular flexibility index (Phi) is 6.28. The fourth-order valence-corrected chi connectivity index (χ4v) is 3.29. The Morgan fingerprint density at radius 3 is 2.30 bits per heavy atom. The number of carbonyl (C=O) groups excluding carboxylic acids is 1. The first kappa shape index (κ1) is 21.6. The topological polar surface area (TPSA) is 101 Å². The van der Waals surface area contributed by atoms with Crippen LogP contribution in [-0.4, -0.2) is 6.29 Å². The van der Waals surface area contributed by atoms with Crippen molar-refractivity contribution in [2.75, 3.05) is 0 Å². The maximum atomic E-state index is 11.2. The van der Waals surface area contributed by atoms with Crippen LogP contribution in [0.15, 0.2) is 54.8 Å². The van der Waals surface area contributed by atoms with Gasteiger partial charge in [0, 0.05) is 20.8 Å². The van der Waals surface area contributed by atoms with E-state index in [4.69, 9.17) is 48.9 Å². The maximum Gasteiger partial charge on any atom is 0.354 e. The normalized spacial score (nSPS) is 10.4. The van der Waals surface area contributed by atoms with Crippen LogP contribution in [0.5, 0.6) is 0 Å². The van der Waals surface area contributed by atoms with Crippen molar-refractivity contribution >= 4 is 63.0 Å². The number of carbonyl (C=O) groups is 1. The monoisotopic (exact) mass is 461 g/mol. The Labute approximate surface area is 183 Å². The predicted octanol–water partition coefficient (Wildman–Crippen LogP) is 5.54. The summed E-state index contributed by atoms with van der Waals surface area (Å²) in [6.07, 6.45) is 0.431. The number of fused-ring (bicyclic) bond motifs is 2. The molecule has 0 aliphatic heterocycles. The van der Waals surface area contributed by atoms with Crippen LogP contribution in [0.25, 0.3) is 21.9 Å². The van der Waals surface area contributed by atoms with E-state index >= 15 is 0 Å². The average Bonchev–Trinajstić information content (AvgIpc) is 2.69. The van der Waals surface area contributed by atoms with E-state index in [9.17, 15) is 14.4 Å². The zero-order chi connectivity index (χ0) is 22.0. The van der Waals surface area contributed by atoms with Crippen molar-refractivity contribution in [2.24, 2.45) is 0 Å². The molecule has 0 fully saturated rings. The standard InChI is InChI=1S/C11H6ClNO2.C10H4Cl2O3/c1-6-2-10-7(4-9(6)12)3-8(5-13)11(14)15-10;11-7-2-5-1-6(4-13)10(14)15-9(5)8(12)3-7/h2-4H,1H3;1-4H. The minimum absolute atomic E-state index is 0.0116. The van der Waals surface area contributed by atoms with Gasteiger partial charge in [-0.25, -0.2) is 9.59 Å². The molecule has 30 heavy (non-hydrogen) atoms. The van der Waals surface area contributed by atoms with E-state index in [1.807, 2.05) is 6.92 Å². The van der Waals surface area contributed by atoms with Crippen LogP contribution in [0.4, 0.5) is 0 Å². The van der Waals surface area contributed by atoms with Crippen LogP contribution in [-0.2, 0) is 0 Å². The molecule has 9 heteroatoms. The third-order valence-electron chi connectivity index (χ3n) is 4.04. The Hall–Kier alpha value is -3.11. The molecule has 0 spiro atoms. The van der Waals surface area contributed by atoms with Gasteiger partial charge in [-0.2, -0.15) is 5.26 Å². The van der Waals surface area contributed by atoms with Gasteiger partial charge in [0.25, 0.3) is 0 Å². The molecule has 4 rings (SSSR count). The van der Waals surface area contributed by atoms with Crippen molar-refractivity contribution in [1.29, 1.82) is 5.26 Å². The summed E-state index contributed by atoms with van der Waals surface area (Å²) in [5.74, 6) is 0. The Balaban J connectivity index is 0.000000171. The van der Waals surface area contributed by atoms with Crippen LogP contribution in [0.3, 0.4) is 0 Å². The zero-order valence-electron chi connectivity index (χ0n) is 15.2. The highest BCUT2D eigenvalue weighted by Gasteiger charge is 2.08. The molecular formula is C21H10Cl3NO5. The van der Waals surface area contributed by atoms with E-state index in [1.54, 1.807) is 24.3 Å². The van der Waals surface area contributed by atoms with Gasteiger partial charge in [-0.15, -0.1) is 0 Å². The lowest BCUT2D eigenvalue weighted by molar-refractivity contribution is 0.112. The molecule has 0 aliphatic carbocycles. The summed E-state index contributed by atoms with van der Waals surface area (Å²) in [5.41, 5.74) is 0.117. The lowest BCUT2D eigenvalue weighted by Crippen LogP contribution is -2.05. The van der Waals surface area contributed by atoms with Crippen LogP contribution >= 0.6 is 34.8 Å². The molecule has 2 aromatic carbocycles. The number of nitriles is 1. The second-order valence-electron chi connectivity index (χ2n) is 6.11. The second kappa shape index (κ2) is 8.72. The molecule has 4 aromatic rings. The van der Waals surface area contributed by atoms with Gasteiger partial charge < -0.3 is 8.83 Å². The highest BCUT2D eigenvalue weighted by atomic mass is 35.5. The molecule has 0 bridgehead atoms. The van der Waals surface area contributed by atoms with E-state index in [0.29, 0.717) is 32.7 Å². The van der Waals surface area contributed by atoms with Gasteiger partial charge in [-0.1, -0.05) is 34.8 Å². The molecule has 2 aromatic heterocycles. The summed E-state index contributed by atoms with van der Waals surface area (Å²) in [4.78, 5) is 33.0. The fourth-order valence-electron chi connectivity index (χ4n) is 2.57. The highest BCUT2D eigenvalue weighted by molar-refractivity contribution is 6.38. The number of benzene rings is 2. The van der Waals surface area contributed by atoms with Crippen molar-refractivity contribution in [2.45, 2.75) is 6.92 Å². The van der Waals surface area contributed by atoms with Crippen LogP contribution in [0.2, 0.25) is 15.1 Å². The summed E-state index contributed by atoms with van der Waals surface area (Å²) >= 11 is 17.5. The van der Waals surface area contributed by atoms with Crippen molar-refractivity contribution < 1.29 is 13.6 Å². The molecule has 0 atom stereocenters. The van der Waals surface area contributed by atoms with E-state index in [-0.39, 0.29) is 21.7 Å². The molecule has 2 heterocycles. The Bertz CT molecular complexity index is 1460. The van der Waals surface area contributed by atoms with Crippen LogP contribution < -0.4 is 11.3 Å². The van der Waals surface area contributed by atoms with Crippen molar-refractivity contribution in [1.82, 2.24) is 0 Å². The molecular weight excluding hydrogens is 453 g/mol. The summed E-state index contributed by atoms with van der Waals surface area (Å²) in [6, 6.07) is 11.0. The van der Waals surface area contributed by atoms with Gasteiger partial charge in [0.15, 0.2) is 11.9 Å². The molecule has 0 radical (unpaired) electrons. The summed E-state index contributed by atoms with van der Waals surface area (Å²) < 4.78 is 9.87. The minimum Gasteiger partial charge on any atom is -0.422 e. The Morgan fingerprint density at radius 2 is 1.63 bits per heavy atom. The number of aldehydes is 1. The van der Waals surface area contributed by atoms with Gasteiger partial charge in [0.1, 0.15) is 22.8 Å². The van der Waals surface area contributed by atoms with Crippen LogP contribution in [0, 0.1) is 18.3 Å². The smallest absolute Gasteiger partial charge is 0.354 e. The third-order valence-corrected chi connectivity index (χ3v) is 4.95. The van der Waals surface area contributed by atoms with E-state index in [2.05, 4.69) is 0 Å². The van der Waals surface area contributed by atoms with Gasteiger partial charge in [-0.05, 0) is 48.9 Å². The number of rotatable bonds is 1. The van der Waals surface area contributed by atoms with Crippen molar-refractivity contribution in [3.8, 4) is 6.07 Å². The summed E-state index contributed by atoms with van der Waals surface area (Å²) in [6.45, 7) is 1.82. The lowest BCUT2D eigenvalue weighted by Gasteiger charge is -2.00. The number of hydrogen-bond acceptors (Lipinski definition) is 6. The fraction of sp³-hybridized carbons (Fsp3) is 0.0476. The number of hydrogen-bond donors (Lipinski definition) is 0. The molecule has 0 saturated carbocycles. The molecule has 0 N–H and O–H groups in total. The number of halogens is 3. The summed E-state index contributed by atoms with van der Waals surface area (Å²) in [5, 5.41) is 11.1. The van der Waals surface area contributed by atoms with Crippen molar-refractivity contribution in [3.05, 3.63) is 89.0 Å².